The van der Waals surface area contributed by atoms with E-state index in [9.17, 15) is 31.1 Å². The zero-order valence-electron chi connectivity index (χ0n) is 15.2. The molecule has 0 atom stereocenters. The summed E-state index contributed by atoms with van der Waals surface area (Å²) in [5.41, 5.74) is -4.26. The first kappa shape index (κ1) is 20.2. The molecule has 1 aliphatic rings. The average Bonchev–Trinajstić information content (AvgIpc) is 3.51. The van der Waals surface area contributed by atoms with Crippen molar-refractivity contribution in [2.24, 2.45) is 0 Å². The molecule has 0 amide bonds. The molecule has 2 aromatic heterocycles. The monoisotopic (exact) mass is 428 g/mol. The minimum Gasteiger partial charge on any atom is -0.365 e. The standard InChI is InChI=1S/C19H14F6N4O/c20-12-9(2-1-3-10(12)15(22)23)6-26-16-11-7-29(19(4-5-19)18(24)25)17(30)13(21)14(11)27-8-28-16/h1-3,7-8,15,18H,4-6H2,(H,26,27,28). The number of alkyl halides is 4. The Balaban J connectivity index is 1.75. The number of nitrogens with zero attached hydrogens (tertiary/aromatic N) is 3. The molecule has 1 saturated carbocycles. The van der Waals surface area contributed by atoms with Crippen LogP contribution in [0, 0.1) is 11.6 Å². The van der Waals surface area contributed by atoms with Crippen molar-refractivity contribution in [3.05, 3.63) is 63.8 Å². The van der Waals surface area contributed by atoms with Gasteiger partial charge in [-0.2, -0.15) is 4.39 Å². The van der Waals surface area contributed by atoms with Gasteiger partial charge in [0.15, 0.2) is 0 Å². The molecule has 1 aliphatic carbocycles. The second-order valence-electron chi connectivity index (χ2n) is 6.98. The second-order valence-corrected chi connectivity index (χ2v) is 6.98. The van der Waals surface area contributed by atoms with E-state index in [0.717, 1.165) is 18.6 Å². The number of nitrogens with one attached hydrogen (secondary N) is 1. The second kappa shape index (κ2) is 7.29. The van der Waals surface area contributed by atoms with Crippen LogP contribution in [0.2, 0.25) is 0 Å². The van der Waals surface area contributed by atoms with Crippen molar-refractivity contribution in [3.63, 3.8) is 0 Å². The van der Waals surface area contributed by atoms with Gasteiger partial charge in [0.05, 0.1) is 10.9 Å². The number of hydrogen-bond acceptors (Lipinski definition) is 4. The van der Waals surface area contributed by atoms with E-state index in [4.69, 9.17) is 0 Å². The molecular formula is C19H14F6N4O. The fraction of sp³-hybridized carbons (Fsp3) is 0.316. The predicted molar refractivity (Wildman–Crippen MR) is 95.7 cm³/mol. The topological polar surface area (TPSA) is 59.8 Å². The van der Waals surface area contributed by atoms with Crippen LogP contribution in [-0.4, -0.2) is 21.0 Å². The van der Waals surface area contributed by atoms with Gasteiger partial charge in [0, 0.05) is 18.3 Å². The minimum atomic E-state index is -3.00. The van der Waals surface area contributed by atoms with E-state index in [1.165, 1.54) is 12.1 Å². The maximum Gasteiger partial charge on any atom is 0.289 e. The lowest BCUT2D eigenvalue weighted by Crippen LogP contribution is -2.37. The number of halogens is 6. The summed E-state index contributed by atoms with van der Waals surface area (Å²) in [5, 5.41) is 2.62. The van der Waals surface area contributed by atoms with Crippen LogP contribution in [0.5, 0.6) is 0 Å². The van der Waals surface area contributed by atoms with E-state index in [1.807, 2.05) is 0 Å². The molecule has 30 heavy (non-hydrogen) atoms. The maximum atomic E-state index is 14.6. The fourth-order valence-corrected chi connectivity index (χ4v) is 3.34. The first-order valence-electron chi connectivity index (χ1n) is 8.90. The van der Waals surface area contributed by atoms with Gasteiger partial charge in [-0.1, -0.05) is 18.2 Å². The van der Waals surface area contributed by atoms with Gasteiger partial charge in [-0.3, -0.25) is 4.79 Å². The Hall–Kier alpha value is -3.11. The summed E-state index contributed by atoms with van der Waals surface area (Å²) in [6.07, 6.45) is -3.86. The summed E-state index contributed by atoms with van der Waals surface area (Å²) in [5.74, 6) is -2.47. The van der Waals surface area contributed by atoms with Crippen LogP contribution < -0.4 is 10.9 Å². The molecule has 1 N–H and O–H groups in total. The third-order valence-corrected chi connectivity index (χ3v) is 5.19. The molecule has 2 heterocycles. The van der Waals surface area contributed by atoms with Crippen molar-refractivity contribution in [2.45, 2.75) is 37.8 Å². The number of anilines is 1. The lowest BCUT2D eigenvalue weighted by molar-refractivity contribution is 0.0648. The summed E-state index contributed by atoms with van der Waals surface area (Å²) < 4.78 is 82.1. The van der Waals surface area contributed by atoms with Gasteiger partial charge in [-0.15, -0.1) is 0 Å². The van der Waals surface area contributed by atoms with E-state index >= 15 is 0 Å². The summed E-state index contributed by atoms with van der Waals surface area (Å²) >= 11 is 0. The number of rotatable bonds is 6. The zero-order chi connectivity index (χ0) is 21.6. The highest BCUT2D eigenvalue weighted by Crippen LogP contribution is 2.48. The van der Waals surface area contributed by atoms with Crippen molar-refractivity contribution in [1.29, 1.82) is 0 Å². The molecule has 3 aromatic rings. The van der Waals surface area contributed by atoms with E-state index in [-0.39, 0.29) is 41.7 Å². The van der Waals surface area contributed by atoms with Gasteiger partial charge in [-0.05, 0) is 12.8 Å². The van der Waals surface area contributed by atoms with Crippen molar-refractivity contribution in [1.82, 2.24) is 14.5 Å². The largest absolute Gasteiger partial charge is 0.365 e. The van der Waals surface area contributed by atoms with Gasteiger partial charge in [0.25, 0.3) is 18.4 Å². The number of aromatic nitrogens is 3. The molecule has 0 aliphatic heterocycles. The quantitative estimate of drug-likeness (QED) is 0.593. The maximum absolute atomic E-state index is 14.6. The average molecular weight is 428 g/mol. The molecule has 11 heteroatoms. The molecule has 158 valence electrons. The number of benzene rings is 1. The first-order chi connectivity index (χ1) is 14.3. The Morgan fingerprint density at radius 2 is 1.83 bits per heavy atom. The van der Waals surface area contributed by atoms with Gasteiger partial charge in [-0.25, -0.2) is 31.9 Å². The molecule has 5 nitrogen and oxygen atoms in total. The van der Waals surface area contributed by atoms with Crippen LogP contribution in [0.1, 0.15) is 30.4 Å². The van der Waals surface area contributed by atoms with Gasteiger partial charge in [0.2, 0.25) is 5.82 Å². The fourth-order valence-electron chi connectivity index (χ4n) is 3.34. The minimum absolute atomic E-state index is 0.0115. The lowest BCUT2D eigenvalue weighted by atomic mass is 10.1. The molecular weight excluding hydrogens is 414 g/mol. The zero-order valence-corrected chi connectivity index (χ0v) is 15.2. The van der Waals surface area contributed by atoms with Crippen molar-refractivity contribution in [3.8, 4) is 0 Å². The Morgan fingerprint density at radius 3 is 2.47 bits per heavy atom. The summed E-state index contributed by atoms with van der Waals surface area (Å²) in [6, 6.07) is 3.50. The summed E-state index contributed by atoms with van der Waals surface area (Å²) in [6.45, 7) is -0.292. The van der Waals surface area contributed by atoms with Gasteiger partial charge >= 0.3 is 0 Å². The molecule has 1 fully saturated rings. The highest BCUT2D eigenvalue weighted by Gasteiger charge is 2.54. The Labute approximate surface area is 165 Å². The van der Waals surface area contributed by atoms with Gasteiger partial charge < -0.3 is 9.88 Å². The van der Waals surface area contributed by atoms with E-state index in [1.54, 1.807) is 0 Å². The Kier molecular flexibility index (Phi) is 4.91. The highest BCUT2D eigenvalue weighted by molar-refractivity contribution is 5.88. The van der Waals surface area contributed by atoms with Crippen LogP contribution >= 0.6 is 0 Å². The van der Waals surface area contributed by atoms with Crippen LogP contribution in [-0.2, 0) is 12.1 Å². The predicted octanol–water partition coefficient (Wildman–Crippen LogP) is 4.37. The van der Waals surface area contributed by atoms with Crippen LogP contribution in [0.4, 0.5) is 32.2 Å². The number of pyridine rings is 1. The summed E-state index contributed by atoms with van der Waals surface area (Å²) in [4.78, 5) is 19.9. The van der Waals surface area contributed by atoms with Crippen molar-refractivity contribution >= 4 is 16.7 Å². The third-order valence-electron chi connectivity index (χ3n) is 5.19. The summed E-state index contributed by atoms with van der Waals surface area (Å²) in [7, 11) is 0. The van der Waals surface area contributed by atoms with Crippen molar-refractivity contribution in [2.75, 3.05) is 5.32 Å². The van der Waals surface area contributed by atoms with Crippen LogP contribution in [0.3, 0.4) is 0 Å². The normalized spacial score (nSPS) is 15.2. The smallest absolute Gasteiger partial charge is 0.289 e. The van der Waals surface area contributed by atoms with E-state index < -0.39 is 41.1 Å². The molecule has 1 aromatic carbocycles. The molecule has 0 unspecified atom stereocenters. The third kappa shape index (κ3) is 3.17. The molecule has 0 radical (unpaired) electrons. The SMILES string of the molecule is O=c1c(F)c2ncnc(NCc3cccc(C(F)F)c3F)c2cn1C1(C(F)F)CC1. The lowest BCUT2D eigenvalue weighted by Gasteiger charge is -2.19. The molecule has 0 bridgehead atoms. The molecule has 0 spiro atoms. The first-order valence-corrected chi connectivity index (χ1v) is 8.90. The number of hydrogen-bond donors (Lipinski definition) is 1. The van der Waals surface area contributed by atoms with Crippen LogP contribution in [0.15, 0.2) is 35.5 Å². The number of fused-ring (bicyclic) bond motifs is 1. The van der Waals surface area contributed by atoms with E-state index in [0.29, 0.717) is 4.57 Å². The van der Waals surface area contributed by atoms with E-state index in [2.05, 4.69) is 15.3 Å². The Bertz CT molecular complexity index is 1180. The Morgan fingerprint density at radius 1 is 1.10 bits per heavy atom. The van der Waals surface area contributed by atoms with Crippen LogP contribution in [0.25, 0.3) is 10.9 Å². The van der Waals surface area contributed by atoms with Gasteiger partial charge in [0.1, 0.15) is 29.0 Å². The molecule has 0 saturated heterocycles. The molecule has 4 rings (SSSR count). The van der Waals surface area contributed by atoms with Crippen molar-refractivity contribution < 1.29 is 26.3 Å². The highest BCUT2D eigenvalue weighted by atomic mass is 19.3.